The van der Waals surface area contributed by atoms with Crippen molar-refractivity contribution in [2.24, 2.45) is 0 Å². The van der Waals surface area contributed by atoms with Crippen molar-refractivity contribution in [3.8, 4) is 5.69 Å². The van der Waals surface area contributed by atoms with E-state index >= 15 is 0 Å². The molecule has 0 N–H and O–H groups in total. The molecule has 1 aromatic carbocycles. The number of aromatic nitrogens is 1. The molecule has 1 aromatic heterocycles. The van der Waals surface area contributed by atoms with E-state index in [1.165, 1.54) is 0 Å². The van der Waals surface area contributed by atoms with Gasteiger partial charge in [0.15, 0.2) is 0 Å². The van der Waals surface area contributed by atoms with Crippen molar-refractivity contribution < 1.29 is 12.3 Å². The van der Waals surface area contributed by atoms with Crippen LogP contribution in [0.5, 0.6) is 0 Å². The van der Waals surface area contributed by atoms with Crippen molar-refractivity contribution in [2.45, 2.75) is 6.85 Å². The second-order valence-electron chi connectivity index (χ2n) is 2.51. The molecule has 0 aliphatic rings. The smallest absolute Gasteiger partial charge is 0.255 e. The van der Waals surface area contributed by atoms with Crippen LogP contribution in [0.3, 0.4) is 0 Å². The molecule has 2 rings (SSSR count). The van der Waals surface area contributed by atoms with E-state index in [0.29, 0.717) is 4.57 Å². The summed E-state index contributed by atoms with van der Waals surface area (Å²) in [6, 6.07) is -1.50. The highest BCUT2D eigenvalue weighted by Crippen LogP contribution is 2.04. The summed E-state index contributed by atoms with van der Waals surface area (Å²) in [5.74, 6) is 0. The summed E-state index contributed by atoms with van der Waals surface area (Å²) in [6.07, 6.45) is -0.740. The van der Waals surface area contributed by atoms with Gasteiger partial charge in [-0.15, -0.1) is 0 Å². The van der Waals surface area contributed by atoms with Crippen LogP contribution in [0.15, 0.2) is 53.3 Å². The first-order valence-corrected chi connectivity index (χ1v) is 3.79. The van der Waals surface area contributed by atoms with Crippen molar-refractivity contribution in [2.75, 3.05) is 0 Å². The van der Waals surface area contributed by atoms with Gasteiger partial charge < -0.3 is 0 Å². The van der Waals surface area contributed by atoms with Gasteiger partial charge in [-0.1, -0.05) is 24.2 Å². The van der Waals surface area contributed by atoms with E-state index in [1.807, 2.05) is 0 Å². The van der Waals surface area contributed by atoms with E-state index in [2.05, 4.69) is 0 Å². The van der Waals surface area contributed by atoms with Crippen LogP contribution in [0.4, 0.5) is 0 Å². The fourth-order valence-corrected chi connectivity index (χ4v) is 0.963. The summed E-state index contributed by atoms with van der Waals surface area (Å²) in [5.41, 5.74) is -1.86. The Morgan fingerprint density at radius 1 is 1.29 bits per heavy atom. The van der Waals surface area contributed by atoms with E-state index in [-0.39, 0.29) is 0 Å². The summed E-state index contributed by atoms with van der Waals surface area (Å²) in [6.45, 7) is -2.68. The predicted molar refractivity (Wildman–Crippen MR) is 56.8 cm³/mol. The molecule has 0 saturated carbocycles. The molecule has 2 heteroatoms. The van der Waals surface area contributed by atoms with E-state index < -0.39 is 60.0 Å². The van der Waals surface area contributed by atoms with Gasteiger partial charge in [0.05, 0.1) is 8.22 Å². The zero-order valence-electron chi connectivity index (χ0n) is 16.0. The average Bonchev–Trinajstić information content (AvgIpc) is 2.45. The summed E-state index contributed by atoms with van der Waals surface area (Å²) in [5, 5.41) is 0. The third-order valence-corrected chi connectivity index (χ3v) is 1.56. The molecule has 0 saturated heterocycles. The summed E-state index contributed by atoms with van der Waals surface area (Å²) >= 11 is 0. The van der Waals surface area contributed by atoms with Gasteiger partial charge in [0.1, 0.15) is 0 Å². The van der Waals surface area contributed by atoms with Gasteiger partial charge in [-0.3, -0.25) is 9.36 Å². The maximum absolute atomic E-state index is 12.1. The van der Waals surface area contributed by atoms with Gasteiger partial charge in [-0.25, -0.2) is 0 Å². The van der Waals surface area contributed by atoms with E-state index in [4.69, 9.17) is 12.3 Å². The number of hydrogen-bond acceptors (Lipinski definition) is 1. The number of rotatable bonds is 1. The number of nitrogens with zero attached hydrogens (tertiary/aromatic N) is 1. The maximum atomic E-state index is 12.1. The van der Waals surface area contributed by atoms with Crippen LogP contribution in [-0.2, 0) is 0 Å². The summed E-state index contributed by atoms with van der Waals surface area (Å²) < 4.78 is 69.0. The standard InChI is InChI=1S/C12H11NO/c1-10-7-8-12(14)13(9-10)11-5-3-2-4-6-11/h2-9H,1H3/i1D3,2D,3D,4D,5D,6D,9D. The van der Waals surface area contributed by atoms with E-state index in [1.54, 1.807) is 0 Å². The number of pyridine rings is 1. The molecular formula is C12H11NO. The average molecular weight is 194 g/mol. The molecule has 0 amide bonds. The van der Waals surface area contributed by atoms with Crippen LogP contribution in [-0.4, -0.2) is 4.57 Å². The van der Waals surface area contributed by atoms with Crippen molar-refractivity contribution in [3.05, 3.63) is 64.4 Å². The molecule has 14 heavy (non-hydrogen) atoms. The molecule has 2 aromatic rings. The normalized spacial score (nSPS) is 20.1. The third kappa shape index (κ3) is 1.59. The lowest BCUT2D eigenvalue weighted by atomic mass is 10.3. The Bertz CT molecular complexity index is 824. The first-order valence-electron chi connectivity index (χ1n) is 8.29. The lowest BCUT2D eigenvalue weighted by molar-refractivity contribution is 0.976. The van der Waals surface area contributed by atoms with Crippen molar-refractivity contribution in [1.82, 2.24) is 4.57 Å². The van der Waals surface area contributed by atoms with E-state index in [0.717, 1.165) is 12.1 Å². The van der Waals surface area contributed by atoms with Crippen LogP contribution in [0.2, 0.25) is 0 Å². The highest BCUT2D eigenvalue weighted by Gasteiger charge is 1.97. The Morgan fingerprint density at radius 3 is 2.79 bits per heavy atom. The molecule has 0 aliphatic carbocycles. The van der Waals surface area contributed by atoms with Crippen LogP contribution >= 0.6 is 0 Å². The number of aryl methyl sites for hydroxylation is 1. The molecule has 0 spiro atoms. The van der Waals surface area contributed by atoms with Gasteiger partial charge >= 0.3 is 0 Å². The molecule has 0 atom stereocenters. The minimum absolute atomic E-state index is 0.455. The Labute approximate surface area is 95.1 Å². The second-order valence-corrected chi connectivity index (χ2v) is 2.51. The Hall–Kier alpha value is -1.83. The van der Waals surface area contributed by atoms with Crippen LogP contribution in [0.25, 0.3) is 5.69 Å². The fourth-order valence-electron chi connectivity index (χ4n) is 0.963. The summed E-state index contributed by atoms with van der Waals surface area (Å²) in [4.78, 5) is 12.1. The topological polar surface area (TPSA) is 22.0 Å². The molecule has 1 heterocycles. The Kier molecular flexibility index (Phi) is 0.772. The zero-order valence-corrected chi connectivity index (χ0v) is 7.01. The first-order chi connectivity index (χ1) is 10.5. The van der Waals surface area contributed by atoms with Crippen molar-refractivity contribution in [1.29, 1.82) is 0 Å². The molecule has 2 nitrogen and oxygen atoms in total. The molecule has 0 bridgehead atoms. The first kappa shape index (κ1) is 3.09. The monoisotopic (exact) mass is 194 g/mol. The van der Waals surface area contributed by atoms with Gasteiger partial charge in [0.2, 0.25) is 0 Å². The Balaban J connectivity index is 2.97. The lowest BCUT2D eigenvalue weighted by Crippen LogP contribution is -2.16. The molecule has 70 valence electrons. The van der Waals surface area contributed by atoms with E-state index in [9.17, 15) is 4.79 Å². The van der Waals surface area contributed by atoms with Gasteiger partial charge in [0, 0.05) is 22.0 Å². The fraction of sp³-hybridized carbons (Fsp3) is 0.0833. The SMILES string of the molecule is [2H]c1c([2H])c([2H])c(-n2c([2H])c(C([2H])([2H])[2H])ccc2=O)c([2H])c1[2H]. The van der Waals surface area contributed by atoms with Crippen molar-refractivity contribution >= 4 is 0 Å². The van der Waals surface area contributed by atoms with Crippen molar-refractivity contribution in [3.63, 3.8) is 0 Å². The Morgan fingerprint density at radius 2 is 2.07 bits per heavy atom. The lowest BCUT2D eigenvalue weighted by Gasteiger charge is -2.05. The summed E-state index contributed by atoms with van der Waals surface area (Å²) in [7, 11) is 0. The number of benzene rings is 1. The highest BCUT2D eigenvalue weighted by molar-refractivity contribution is 5.32. The highest BCUT2D eigenvalue weighted by atomic mass is 16.1. The second kappa shape index (κ2) is 3.50. The minimum Gasteiger partial charge on any atom is -0.284 e. The minimum atomic E-state index is -2.68. The maximum Gasteiger partial charge on any atom is 0.255 e. The van der Waals surface area contributed by atoms with Gasteiger partial charge in [-0.2, -0.15) is 0 Å². The van der Waals surface area contributed by atoms with Crippen LogP contribution in [0, 0.1) is 6.85 Å². The molecule has 0 fully saturated rings. The van der Waals surface area contributed by atoms with Gasteiger partial charge in [0.25, 0.3) is 5.56 Å². The number of para-hydroxylation sites is 1. The third-order valence-electron chi connectivity index (χ3n) is 1.56. The van der Waals surface area contributed by atoms with Crippen LogP contribution in [0.1, 0.15) is 17.9 Å². The molecule has 0 aliphatic heterocycles. The quantitative estimate of drug-likeness (QED) is 0.681. The molecule has 0 radical (unpaired) electrons. The van der Waals surface area contributed by atoms with Crippen LogP contribution < -0.4 is 5.56 Å². The number of hydrogen-bond donors (Lipinski definition) is 0. The molecular weight excluding hydrogens is 174 g/mol. The zero-order chi connectivity index (χ0) is 17.7. The molecule has 0 unspecified atom stereocenters. The van der Waals surface area contributed by atoms with Gasteiger partial charge in [-0.05, 0) is 24.5 Å². The largest absolute Gasteiger partial charge is 0.284 e. The predicted octanol–water partition coefficient (Wildman–Crippen LogP) is 2.15.